The first-order valence-corrected chi connectivity index (χ1v) is 10.9. The summed E-state index contributed by atoms with van der Waals surface area (Å²) in [4.78, 5) is 34.9. The molecule has 3 atom stereocenters. The Morgan fingerprint density at radius 1 is 0.750 bits per heavy atom. The van der Waals surface area contributed by atoms with E-state index >= 15 is 0 Å². The Hall–Kier alpha value is -3.44. The van der Waals surface area contributed by atoms with Crippen molar-refractivity contribution in [3.8, 4) is 0 Å². The van der Waals surface area contributed by atoms with Crippen LogP contribution in [-0.4, -0.2) is 17.9 Å². The Bertz CT molecular complexity index is 1180. The molecule has 2 fully saturated rings. The van der Waals surface area contributed by atoms with Gasteiger partial charge in [0.05, 0.1) is 17.4 Å². The van der Waals surface area contributed by atoms with Crippen LogP contribution in [0.1, 0.15) is 33.9 Å². The summed E-state index contributed by atoms with van der Waals surface area (Å²) < 4.78 is 0. The molecule has 0 N–H and O–H groups in total. The fraction of sp³-hybridized carbons (Fsp3) is 0.259. The van der Waals surface area contributed by atoms with E-state index in [4.69, 9.17) is 4.84 Å². The van der Waals surface area contributed by atoms with Gasteiger partial charge in [-0.3, -0.25) is 14.4 Å². The van der Waals surface area contributed by atoms with E-state index in [-0.39, 0.29) is 11.8 Å². The van der Waals surface area contributed by atoms with Gasteiger partial charge in [0.25, 0.3) is 5.91 Å². The van der Waals surface area contributed by atoms with Crippen LogP contribution >= 0.6 is 0 Å². The summed E-state index contributed by atoms with van der Waals surface area (Å²) in [6.45, 7) is 7.93. The number of nitrogens with zero attached hydrogens (tertiary/aromatic N) is 2. The SMILES string of the molecule is Cc1ccc([C@@H]2[C@H]3C(=O)N(c4c(C)cc(C)cc4C)C(=O)[C@H]3ON2c2ccccc2)cc1. The number of carbonyl (C=O) groups is 2. The van der Waals surface area contributed by atoms with Crippen molar-refractivity contribution in [1.29, 1.82) is 0 Å². The number of anilines is 2. The van der Waals surface area contributed by atoms with E-state index in [9.17, 15) is 9.59 Å². The minimum Gasteiger partial charge on any atom is -0.273 e. The summed E-state index contributed by atoms with van der Waals surface area (Å²) in [6, 6.07) is 21.4. The zero-order valence-corrected chi connectivity index (χ0v) is 18.7. The molecule has 5 rings (SSSR count). The van der Waals surface area contributed by atoms with Gasteiger partial charge in [-0.25, -0.2) is 9.96 Å². The molecule has 32 heavy (non-hydrogen) atoms. The summed E-state index contributed by atoms with van der Waals surface area (Å²) in [6.07, 6.45) is -0.853. The maximum atomic E-state index is 13.8. The number of para-hydroxylation sites is 1. The lowest BCUT2D eigenvalue weighted by Gasteiger charge is -2.29. The van der Waals surface area contributed by atoms with Crippen molar-refractivity contribution in [2.75, 3.05) is 9.96 Å². The average Bonchev–Trinajstić information content (AvgIpc) is 3.26. The highest BCUT2D eigenvalue weighted by Crippen LogP contribution is 2.48. The zero-order chi connectivity index (χ0) is 22.6. The van der Waals surface area contributed by atoms with Crippen molar-refractivity contribution in [1.82, 2.24) is 0 Å². The molecule has 0 unspecified atom stereocenters. The Labute approximate surface area is 188 Å². The van der Waals surface area contributed by atoms with Crippen LogP contribution in [0.15, 0.2) is 66.7 Å². The van der Waals surface area contributed by atoms with E-state index in [2.05, 4.69) is 0 Å². The number of hydrogen-bond acceptors (Lipinski definition) is 4. The first-order valence-electron chi connectivity index (χ1n) is 10.9. The molecule has 2 heterocycles. The van der Waals surface area contributed by atoms with Crippen molar-refractivity contribution in [3.05, 3.63) is 94.5 Å². The van der Waals surface area contributed by atoms with Crippen molar-refractivity contribution < 1.29 is 14.4 Å². The summed E-state index contributed by atoms with van der Waals surface area (Å²) >= 11 is 0. The number of aryl methyl sites for hydroxylation is 4. The number of amides is 2. The summed E-state index contributed by atoms with van der Waals surface area (Å²) in [5.41, 5.74) is 6.52. The predicted molar refractivity (Wildman–Crippen MR) is 124 cm³/mol. The molecule has 2 amide bonds. The molecule has 3 aromatic carbocycles. The third-order valence-electron chi connectivity index (χ3n) is 6.40. The maximum Gasteiger partial charge on any atom is 0.266 e. The maximum absolute atomic E-state index is 13.8. The average molecular weight is 427 g/mol. The first-order chi connectivity index (χ1) is 15.4. The monoisotopic (exact) mass is 426 g/mol. The van der Waals surface area contributed by atoms with E-state index in [0.717, 1.165) is 33.5 Å². The molecule has 3 aromatic rings. The lowest BCUT2D eigenvalue weighted by atomic mass is 9.90. The molecule has 0 saturated carbocycles. The number of hydrogen-bond donors (Lipinski definition) is 0. The van der Waals surface area contributed by atoms with Crippen LogP contribution in [-0.2, 0) is 14.4 Å². The van der Waals surface area contributed by atoms with Crippen LogP contribution in [0.2, 0.25) is 0 Å². The Morgan fingerprint density at radius 3 is 2.00 bits per heavy atom. The largest absolute Gasteiger partial charge is 0.273 e. The molecule has 2 aliphatic heterocycles. The van der Waals surface area contributed by atoms with Gasteiger partial charge >= 0.3 is 0 Å². The van der Waals surface area contributed by atoms with Crippen LogP contribution in [0.3, 0.4) is 0 Å². The highest BCUT2D eigenvalue weighted by atomic mass is 16.7. The van der Waals surface area contributed by atoms with Crippen molar-refractivity contribution in [3.63, 3.8) is 0 Å². The molecule has 0 aromatic heterocycles. The molecule has 2 aliphatic rings. The molecule has 0 bridgehead atoms. The topological polar surface area (TPSA) is 49.9 Å². The third-order valence-corrected chi connectivity index (χ3v) is 6.40. The second-order valence-corrected chi connectivity index (χ2v) is 8.83. The van der Waals surface area contributed by atoms with Crippen LogP contribution in [0.25, 0.3) is 0 Å². The van der Waals surface area contributed by atoms with Gasteiger partial charge in [-0.1, -0.05) is 65.7 Å². The smallest absolute Gasteiger partial charge is 0.266 e. The summed E-state index contributed by atoms with van der Waals surface area (Å²) in [7, 11) is 0. The van der Waals surface area contributed by atoms with Gasteiger partial charge in [0.15, 0.2) is 6.10 Å². The van der Waals surface area contributed by atoms with Gasteiger partial charge in [0, 0.05) is 0 Å². The Morgan fingerprint density at radius 2 is 1.38 bits per heavy atom. The Balaban J connectivity index is 1.61. The standard InChI is InChI=1S/C27H26N2O3/c1-16-10-12-20(13-11-16)24-22-25(32-29(24)21-8-6-5-7-9-21)27(31)28(26(22)30)23-18(3)14-17(2)15-19(23)4/h5-15,22,24-25H,1-4H3/t22-,24-,25+/m1/s1. The van der Waals surface area contributed by atoms with Crippen LogP contribution in [0.4, 0.5) is 11.4 Å². The van der Waals surface area contributed by atoms with Crippen LogP contribution in [0, 0.1) is 33.6 Å². The molecule has 0 radical (unpaired) electrons. The normalized spacial score (nSPS) is 22.6. The number of carbonyl (C=O) groups excluding carboxylic acids is 2. The lowest BCUT2D eigenvalue weighted by molar-refractivity contribution is -0.126. The van der Waals surface area contributed by atoms with Gasteiger partial charge in [-0.2, -0.15) is 0 Å². The molecular weight excluding hydrogens is 400 g/mol. The second-order valence-electron chi connectivity index (χ2n) is 8.83. The molecule has 5 nitrogen and oxygen atoms in total. The van der Waals surface area contributed by atoms with Crippen molar-refractivity contribution >= 4 is 23.2 Å². The van der Waals surface area contributed by atoms with Gasteiger partial charge < -0.3 is 0 Å². The minimum atomic E-state index is -0.853. The van der Waals surface area contributed by atoms with E-state index in [1.165, 1.54) is 4.90 Å². The summed E-state index contributed by atoms with van der Waals surface area (Å²) in [5.74, 6) is -1.13. The zero-order valence-electron chi connectivity index (χ0n) is 18.7. The van der Waals surface area contributed by atoms with Gasteiger partial charge in [0.1, 0.15) is 5.92 Å². The first kappa shape index (κ1) is 20.5. The Kier molecular flexibility index (Phi) is 4.86. The number of hydroxylamine groups is 1. The summed E-state index contributed by atoms with van der Waals surface area (Å²) in [5, 5.41) is 1.74. The molecule has 2 saturated heterocycles. The van der Waals surface area contributed by atoms with Crippen LogP contribution in [0.5, 0.6) is 0 Å². The quantitative estimate of drug-likeness (QED) is 0.555. The highest BCUT2D eigenvalue weighted by Gasteiger charge is 2.60. The van der Waals surface area contributed by atoms with E-state index in [1.54, 1.807) is 5.06 Å². The number of imide groups is 1. The predicted octanol–water partition coefficient (Wildman–Crippen LogP) is 4.97. The minimum absolute atomic E-state index is 0.209. The molecule has 162 valence electrons. The molecule has 0 spiro atoms. The van der Waals surface area contributed by atoms with E-state index in [1.807, 2.05) is 94.4 Å². The van der Waals surface area contributed by atoms with Crippen molar-refractivity contribution in [2.45, 2.75) is 39.8 Å². The van der Waals surface area contributed by atoms with E-state index < -0.39 is 18.1 Å². The fourth-order valence-electron chi connectivity index (χ4n) is 5.06. The van der Waals surface area contributed by atoms with Crippen LogP contribution < -0.4 is 9.96 Å². The number of benzene rings is 3. The van der Waals surface area contributed by atoms with Gasteiger partial charge in [-0.05, 0) is 56.5 Å². The molecule has 5 heteroatoms. The fourth-order valence-corrected chi connectivity index (χ4v) is 5.06. The number of rotatable bonds is 3. The van der Waals surface area contributed by atoms with E-state index in [0.29, 0.717) is 5.69 Å². The number of fused-ring (bicyclic) bond motifs is 1. The second kappa shape index (κ2) is 7.61. The molecule has 0 aliphatic carbocycles. The lowest BCUT2D eigenvalue weighted by Crippen LogP contribution is -2.38. The van der Waals surface area contributed by atoms with Gasteiger partial charge in [0.2, 0.25) is 5.91 Å². The third kappa shape index (κ3) is 3.12. The van der Waals surface area contributed by atoms with Gasteiger partial charge in [-0.15, -0.1) is 0 Å². The molecular formula is C27H26N2O3. The highest BCUT2D eigenvalue weighted by molar-refractivity contribution is 6.24. The van der Waals surface area contributed by atoms with Crippen molar-refractivity contribution in [2.24, 2.45) is 5.92 Å².